The molecule has 0 bridgehead atoms. The number of thiophene rings is 1. The van der Waals surface area contributed by atoms with Gasteiger partial charge in [0.1, 0.15) is 0 Å². The van der Waals surface area contributed by atoms with Crippen molar-refractivity contribution in [3.63, 3.8) is 0 Å². The summed E-state index contributed by atoms with van der Waals surface area (Å²) in [6.07, 6.45) is 4.08. The summed E-state index contributed by atoms with van der Waals surface area (Å²) in [6, 6.07) is 3.94. The van der Waals surface area contributed by atoms with Crippen LogP contribution in [0.15, 0.2) is 18.3 Å². The van der Waals surface area contributed by atoms with E-state index < -0.39 is 0 Å². The van der Waals surface area contributed by atoms with Gasteiger partial charge in [-0.2, -0.15) is 5.10 Å². The van der Waals surface area contributed by atoms with Crippen LogP contribution in [0.2, 0.25) is 4.34 Å². The lowest BCUT2D eigenvalue weighted by molar-refractivity contribution is 0.925. The molecule has 0 amide bonds. The third kappa shape index (κ3) is 1.83. The highest BCUT2D eigenvalue weighted by atomic mass is 35.5. The van der Waals surface area contributed by atoms with Crippen molar-refractivity contribution >= 4 is 22.9 Å². The van der Waals surface area contributed by atoms with Gasteiger partial charge < -0.3 is 0 Å². The van der Waals surface area contributed by atoms with E-state index in [2.05, 4.69) is 17.1 Å². The maximum Gasteiger partial charge on any atom is 0.0935 e. The van der Waals surface area contributed by atoms with Gasteiger partial charge in [0.05, 0.1) is 21.1 Å². The van der Waals surface area contributed by atoms with Crippen molar-refractivity contribution in [2.75, 3.05) is 0 Å². The van der Waals surface area contributed by atoms with E-state index in [0.717, 1.165) is 27.7 Å². The normalized spacial score (nSPS) is 10.7. The number of hydrogen-bond donors (Lipinski definition) is 1. The molecule has 0 saturated heterocycles. The first-order valence-electron chi connectivity index (χ1n) is 4.59. The van der Waals surface area contributed by atoms with Crippen molar-refractivity contribution in [3.8, 4) is 10.6 Å². The number of hydrogen-bond acceptors (Lipinski definition) is 2. The first kappa shape index (κ1) is 9.74. The number of rotatable bonds is 3. The van der Waals surface area contributed by atoms with Gasteiger partial charge >= 0.3 is 0 Å². The van der Waals surface area contributed by atoms with Crippen molar-refractivity contribution in [2.24, 2.45) is 0 Å². The van der Waals surface area contributed by atoms with Crippen LogP contribution in [-0.2, 0) is 6.42 Å². The fourth-order valence-corrected chi connectivity index (χ4v) is 2.51. The zero-order valence-corrected chi connectivity index (χ0v) is 9.45. The summed E-state index contributed by atoms with van der Waals surface area (Å²) in [5.41, 5.74) is 2.38. The molecule has 0 unspecified atom stereocenters. The number of nitrogens with one attached hydrogen (secondary N) is 1. The van der Waals surface area contributed by atoms with Crippen molar-refractivity contribution in [1.82, 2.24) is 10.2 Å². The zero-order valence-electron chi connectivity index (χ0n) is 7.88. The minimum atomic E-state index is 0.817. The van der Waals surface area contributed by atoms with Crippen LogP contribution in [-0.4, -0.2) is 10.2 Å². The summed E-state index contributed by atoms with van der Waals surface area (Å²) < 4.78 is 0.817. The number of aromatic amines is 1. The Hall–Kier alpha value is -0.800. The van der Waals surface area contributed by atoms with Gasteiger partial charge in [-0.3, -0.25) is 5.10 Å². The zero-order chi connectivity index (χ0) is 9.97. The van der Waals surface area contributed by atoms with Crippen LogP contribution in [0.25, 0.3) is 10.6 Å². The van der Waals surface area contributed by atoms with E-state index in [4.69, 9.17) is 11.6 Å². The molecule has 4 heteroatoms. The van der Waals surface area contributed by atoms with Crippen molar-refractivity contribution in [2.45, 2.75) is 19.8 Å². The average molecular weight is 227 g/mol. The van der Waals surface area contributed by atoms with Crippen molar-refractivity contribution in [3.05, 3.63) is 28.2 Å². The number of aromatic nitrogens is 2. The molecular formula is C10H11ClN2S. The van der Waals surface area contributed by atoms with Crippen molar-refractivity contribution in [1.29, 1.82) is 0 Å². The summed E-state index contributed by atoms with van der Waals surface area (Å²) >= 11 is 7.47. The Balaban J connectivity index is 2.36. The lowest BCUT2D eigenvalue weighted by Gasteiger charge is -1.97. The minimum Gasteiger partial charge on any atom is -0.277 e. The smallest absolute Gasteiger partial charge is 0.0935 e. The van der Waals surface area contributed by atoms with E-state index in [9.17, 15) is 0 Å². The Morgan fingerprint density at radius 2 is 2.36 bits per heavy atom. The summed E-state index contributed by atoms with van der Waals surface area (Å²) in [6.45, 7) is 2.16. The maximum absolute atomic E-state index is 5.89. The molecule has 2 rings (SSSR count). The molecule has 0 saturated carbocycles. The molecule has 74 valence electrons. The van der Waals surface area contributed by atoms with Crippen LogP contribution in [0.4, 0.5) is 0 Å². The van der Waals surface area contributed by atoms with Crippen LogP contribution in [0.3, 0.4) is 0 Å². The molecule has 0 aliphatic carbocycles. The standard InChI is InChI=1S/C10H11ClN2S/c1-2-3-7-6-12-13-10(7)8-4-5-9(11)14-8/h4-6H,2-3H2,1H3,(H,12,13). The van der Waals surface area contributed by atoms with Crippen LogP contribution >= 0.6 is 22.9 Å². The monoisotopic (exact) mass is 226 g/mol. The number of halogens is 1. The van der Waals surface area contributed by atoms with Crippen LogP contribution < -0.4 is 0 Å². The van der Waals surface area contributed by atoms with Crippen LogP contribution in [0.5, 0.6) is 0 Å². The molecule has 14 heavy (non-hydrogen) atoms. The summed E-state index contributed by atoms with van der Waals surface area (Å²) in [5.74, 6) is 0. The lowest BCUT2D eigenvalue weighted by Crippen LogP contribution is -1.83. The molecule has 0 aromatic carbocycles. The van der Waals surface area contributed by atoms with Gasteiger partial charge in [0, 0.05) is 0 Å². The van der Waals surface area contributed by atoms with Gasteiger partial charge in [0.2, 0.25) is 0 Å². The molecule has 0 spiro atoms. The van der Waals surface area contributed by atoms with Gasteiger partial charge in [-0.1, -0.05) is 24.9 Å². The average Bonchev–Trinajstić information content (AvgIpc) is 2.74. The Labute approximate surface area is 91.9 Å². The summed E-state index contributed by atoms with van der Waals surface area (Å²) in [5, 5.41) is 7.09. The second-order valence-electron chi connectivity index (χ2n) is 3.12. The third-order valence-corrected chi connectivity index (χ3v) is 3.31. The maximum atomic E-state index is 5.89. The van der Waals surface area contributed by atoms with Crippen LogP contribution in [0, 0.1) is 0 Å². The predicted octanol–water partition coefficient (Wildman–Crippen LogP) is 3.74. The first-order valence-corrected chi connectivity index (χ1v) is 5.78. The number of H-pyrrole nitrogens is 1. The van der Waals surface area contributed by atoms with E-state index in [1.54, 1.807) is 11.3 Å². The van der Waals surface area contributed by atoms with E-state index in [1.165, 1.54) is 5.56 Å². The first-order chi connectivity index (χ1) is 6.81. The Bertz CT molecular complexity index is 419. The van der Waals surface area contributed by atoms with Crippen LogP contribution in [0.1, 0.15) is 18.9 Å². The number of nitrogens with zero attached hydrogens (tertiary/aromatic N) is 1. The second kappa shape index (κ2) is 4.15. The predicted molar refractivity (Wildman–Crippen MR) is 60.9 cm³/mol. The fraction of sp³-hybridized carbons (Fsp3) is 0.300. The van der Waals surface area contributed by atoms with E-state index in [0.29, 0.717) is 0 Å². The van der Waals surface area contributed by atoms with Crippen molar-refractivity contribution < 1.29 is 0 Å². The molecule has 0 atom stereocenters. The quantitative estimate of drug-likeness (QED) is 0.849. The topological polar surface area (TPSA) is 28.7 Å². The molecule has 0 fully saturated rings. The second-order valence-corrected chi connectivity index (χ2v) is 4.84. The fourth-order valence-electron chi connectivity index (χ4n) is 1.43. The highest BCUT2D eigenvalue weighted by molar-refractivity contribution is 7.19. The molecule has 2 heterocycles. The SMILES string of the molecule is CCCc1cn[nH]c1-c1ccc(Cl)s1. The Morgan fingerprint density at radius 3 is 3.00 bits per heavy atom. The summed E-state index contributed by atoms with van der Waals surface area (Å²) in [7, 11) is 0. The van der Waals surface area contributed by atoms with E-state index in [-0.39, 0.29) is 0 Å². The molecule has 1 N–H and O–H groups in total. The van der Waals surface area contributed by atoms with Gasteiger partial charge in [-0.15, -0.1) is 11.3 Å². The number of aryl methyl sites for hydroxylation is 1. The highest BCUT2D eigenvalue weighted by Crippen LogP contribution is 2.31. The largest absolute Gasteiger partial charge is 0.277 e. The molecule has 2 aromatic rings. The molecule has 2 nitrogen and oxygen atoms in total. The van der Waals surface area contributed by atoms with Gasteiger partial charge in [-0.05, 0) is 24.1 Å². The van der Waals surface area contributed by atoms with Gasteiger partial charge in [-0.25, -0.2) is 0 Å². The third-order valence-electron chi connectivity index (χ3n) is 2.06. The van der Waals surface area contributed by atoms with E-state index in [1.807, 2.05) is 18.3 Å². The minimum absolute atomic E-state index is 0.817. The molecule has 0 radical (unpaired) electrons. The molecule has 2 aromatic heterocycles. The highest BCUT2D eigenvalue weighted by Gasteiger charge is 2.08. The van der Waals surface area contributed by atoms with E-state index >= 15 is 0 Å². The molecular weight excluding hydrogens is 216 g/mol. The molecule has 0 aliphatic heterocycles. The van der Waals surface area contributed by atoms with Gasteiger partial charge in [0.15, 0.2) is 0 Å². The Morgan fingerprint density at radius 1 is 1.50 bits per heavy atom. The summed E-state index contributed by atoms with van der Waals surface area (Å²) in [4.78, 5) is 1.16. The molecule has 0 aliphatic rings. The Kier molecular flexibility index (Phi) is 2.89. The van der Waals surface area contributed by atoms with Gasteiger partial charge in [0.25, 0.3) is 0 Å². The lowest BCUT2D eigenvalue weighted by atomic mass is 10.1.